The first-order chi connectivity index (χ1) is 7.75. The Morgan fingerprint density at radius 2 is 1.94 bits per heavy atom. The molecule has 0 aliphatic rings. The highest BCUT2D eigenvalue weighted by molar-refractivity contribution is 14.1. The molecular formula is C13H8ClIN+. The van der Waals surface area contributed by atoms with Gasteiger partial charge in [0.2, 0.25) is 11.0 Å². The highest BCUT2D eigenvalue weighted by Crippen LogP contribution is 2.22. The minimum absolute atomic E-state index is 0.771. The summed E-state index contributed by atoms with van der Waals surface area (Å²) < 4.78 is 3.40. The molecule has 3 rings (SSSR count). The monoisotopic (exact) mass is 340 g/mol. The van der Waals surface area contributed by atoms with Crippen molar-refractivity contribution in [3.63, 3.8) is 0 Å². The lowest BCUT2D eigenvalue weighted by Crippen LogP contribution is -2.22. The van der Waals surface area contributed by atoms with Crippen molar-refractivity contribution in [2.45, 2.75) is 0 Å². The van der Waals surface area contributed by atoms with E-state index in [0.29, 0.717) is 0 Å². The lowest BCUT2D eigenvalue weighted by atomic mass is 10.2. The van der Waals surface area contributed by atoms with Crippen molar-refractivity contribution in [2.24, 2.45) is 0 Å². The Bertz CT molecular complexity index is 694. The lowest BCUT2D eigenvalue weighted by Gasteiger charge is -2.00. The fraction of sp³-hybridized carbons (Fsp3) is 0. The molecule has 2 aromatic heterocycles. The average molecular weight is 341 g/mol. The maximum atomic E-state index is 6.06. The van der Waals surface area contributed by atoms with Gasteiger partial charge in [-0.3, -0.25) is 0 Å². The van der Waals surface area contributed by atoms with E-state index >= 15 is 0 Å². The lowest BCUT2D eigenvalue weighted by molar-refractivity contribution is -0.481. The van der Waals surface area contributed by atoms with Crippen LogP contribution in [0.3, 0.4) is 0 Å². The number of hydrogen-bond acceptors (Lipinski definition) is 0. The Kier molecular flexibility index (Phi) is 2.48. The van der Waals surface area contributed by atoms with Crippen molar-refractivity contribution in [2.75, 3.05) is 0 Å². The van der Waals surface area contributed by atoms with E-state index in [1.807, 2.05) is 24.3 Å². The first kappa shape index (κ1) is 10.3. The Morgan fingerprint density at radius 1 is 1.06 bits per heavy atom. The molecule has 1 aromatic carbocycles. The quantitative estimate of drug-likeness (QED) is 0.333. The maximum Gasteiger partial charge on any atom is 0.220 e. The minimum atomic E-state index is 0.771. The van der Waals surface area contributed by atoms with Crippen LogP contribution in [-0.4, -0.2) is 0 Å². The number of pyridine rings is 2. The second kappa shape index (κ2) is 3.86. The van der Waals surface area contributed by atoms with Crippen LogP contribution in [0.5, 0.6) is 0 Å². The van der Waals surface area contributed by atoms with Gasteiger partial charge in [0.25, 0.3) is 0 Å². The van der Waals surface area contributed by atoms with E-state index in [1.54, 1.807) is 0 Å². The zero-order chi connectivity index (χ0) is 11.1. The van der Waals surface area contributed by atoms with Crippen molar-refractivity contribution in [3.8, 4) is 0 Å². The van der Waals surface area contributed by atoms with Crippen LogP contribution in [-0.2, 0) is 0 Å². The Hall–Kier alpha value is -0.870. The molecule has 0 spiro atoms. The topological polar surface area (TPSA) is 4.10 Å². The first-order valence-electron chi connectivity index (χ1n) is 4.94. The van der Waals surface area contributed by atoms with Crippen LogP contribution < -0.4 is 4.40 Å². The van der Waals surface area contributed by atoms with Gasteiger partial charge in [-0.05, 0) is 40.8 Å². The minimum Gasteiger partial charge on any atom is -0.160 e. The number of halogens is 2. The third-order valence-electron chi connectivity index (χ3n) is 2.64. The summed E-state index contributed by atoms with van der Waals surface area (Å²) in [6, 6.07) is 14.4. The summed E-state index contributed by atoms with van der Waals surface area (Å²) in [4.78, 5) is 0. The van der Waals surface area contributed by atoms with Crippen LogP contribution in [0.25, 0.3) is 16.4 Å². The van der Waals surface area contributed by atoms with Gasteiger partial charge in [0.15, 0.2) is 6.20 Å². The molecule has 0 aliphatic carbocycles. The molecule has 78 valence electrons. The number of fused-ring (bicyclic) bond motifs is 3. The zero-order valence-corrected chi connectivity index (χ0v) is 11.2. The van der Waals surface area contributed by atoms with Crippen LogP contribution in [0.15, 0.2) is 48.7 Å². The van der Waals surface area contributed by atoms with Gasteiger partial charge in [0, 0.05) is 32.9 Å². The molecule has 0 aliphatic heterocycles. The van der Waals surface area contributed by atoms with Crippen LogP contribution in [0, 0.1) is 3.57 Å². The highest BCUT2D eigenvalue weighted by Gasteiger charge is 2.11. The SMILES string of the molecule is Clc1ccc2c(I)cc3cccc[n+]3c2c1. The summed E-state index contributed by atoms with van der Waals surface area (Å²) in [6.45, 7) is 0. The molecule has 0 fully saturated rings. The van der Waals surface area contributed by atoms with Gasteiger partial charge >= 0.3 is 0 Å². The molecule has 0 unspecified atom stereocenters. The van der Waals surface area contributed by atoms with Crippen LogP contribution in [0.2, 0.25) is 5.02 Å². The number of hydrogen-bond donors (Lipinski definition) is 0. The fourth-order valence-electron chi connectivity index (χ4n) is 1.91. The van der Waals surface area contributed by atoms with E-state index in [4.69, 9.17) is 11.6 Å². The number of benzene rings is 1. The van der Waals surface area contributed by atoms with E-state index in [1.165, 1.54) is 14.5 Å². The predicted molar refractivity (Wildman–Crippen MR) is 74.8 cm³/mol. The van der Waals surface area contributed by atoms with Crippen LogP contribution >= 0.6 is 34.2 Å². The van der Waals surface area contributed by atoms with Crippen molar-refractivity contribution in [1.82, 2.24) is 0 Å². The van der Waals surface area contributed by atoms with Gasteiger partial charge < -0.3 is 0 Å². The smallest absolute Gasteiger partial charge is 0.160 e. The maximum absolute atomic E-state index is 6.06. The molecule has 0 radical (unpaired) electrons. The molecule has 0 saturated carbocycles. The Labute approximate surface area is 112 Å². The summed E-state index contributed by atoms with van der Waals surface area (Å²) in [6.07, 6.45) is 2.06. The van der Waals surface area contributed by atoms with Crippen LogP contribution in [0.4, 0.5) is 0 Å². The molecule has 0 saturated heterocycles. The second-order valence-electron chi connectivity index (χ2n) is 3.65. The molecule has 16 heavy (non-hydrogen) atoms. The Morgan fingerprint density at radius 3 is 2.81 bits per heavy atom. The molecular weight excluding hydrogens is 333 g/mol. The van der Waals surface area contributed by atoms with E-state index < -0.39 is 0 Å². The number of aromatic nitrogens is 1. The molecule has 0 amide bonds. The van der Waals surface area contributed by atoms with E-state index in [-0.39, 0.29) is 0 Å². The van der Waals surface area contributed by atoms with Crippen molar-refractivity contribution < 1.29 is 4.40 Å². The summed E-state index contributed by atoms with van der Waals surface area (Å²) in [5.74, 6) is 0. The molecule has 0 atom stereocenters. The summed E-state index contributed by atoms with van der Waals surface area (Å²) in [5.41, 5.74) is 2.33. The summed E-state index contributed by atoms with van der Waals surface area (Å²) >= 11 is 8.42. The van der Waals surface area contributed by atoms with Gasteiger partial charge in [0.05, 0.1) is 5.39 Å². The molecule has 0 bridgehead atoms. The van der Waals surface area contributed by atoms with Crippen molar-refractivity contribution in [3.05, 3.63) is 57.3 Å². The highest BCUT2D eigenvalue weighted by atomic mass is 127. The standard InChI is InChI=1S/C13H8ClIN/c14-9-4-5-11-12(15)8-10-3-1-2-6-16(10)13(11)7-9/h1-8H/q+1. The third kappa shape index (κ3) is 1.57. The van der Waals surface area contributed by atoms with Crippen LogP contribution in [0.1, 0.15) is 0 Å². The number of nitrogens with zero attached hydrogens (tertiary/aromatic N) is 1. The Balaban J connectivity index is 2.61. The van der Waals surface area contributed by atoms with Crippen molar-refractivity contribution in [1.29, 1.82) is 0 Å². The van der Waals surface area contributed by atoms with Gasteiger partial charge in [-0.15, -0.1) is 0 Å². The first-order valence-corrected chi connectivity index (χ1v) is 6.39. The van der Waals surface area contributed by atoms with Gasteiger partial charge in [-0.2, -0.15) is 4.40 Å². The molecule has 3 heteroatoms. The normalized spacial score (nSPS) is 11.1. The third-order valence-corrected chi connectivity index (χ3v) is 3.77. The van der Waals surface area contributed by atoms with E-state index in [0.717, 1.165) is 10.5 Å². The van der Waals surface area contributed by atoms with Gasteiger partial charge in [-0.1, -0.05) is 11.6 Å². The molecule has 0 N–H and O–H groups in total. The van der Waals surface area contributed by atoms with E-state index in [9.17, 15) is 0 Å². The van der Waals surface area contributed by atoms with Gasteiger partial charge in [0.1, 0.15) is 0 Å². The molecule has 3 aromatic rings. The van der Waals surface area contributed by atoms with Gasteiger partial charge in [-0.25, -0.2) is 0 Å². The summed E-state index contributed by atoms with van der Waals surface area (Å²) in [5, 5.41) is 2.00. The van der Waals surface area contributed by atoms with Crippen molar-refractivity contribution >= 4 is 50.6 Å². The fourth-order valence-corrected chi connectivity index (χ4v) is 2.85. The molecule has 2 heterocycles. The zero-order valence-electron chi connectivity index (χ0n) is 8.32. The predicted octanol–water partition coefficient (Wildman–Crippen LogP) is 3.84. The average Bonchev–Trinajstić information content (AvgIpc) is 2.29. The van der Waals surface area contributed by atoms with E-state index in [2.05, 4.69) is 51.4 Å². The largest absolute Gasteiger partial charge is 0.220 e. The molecule has 1 nitrogen and oxygen atoms in total. The number of rotatable bonds is 0. The second-order valence-corrected chi connectivity index (χ2v) is 5.25. The summed E-state index contributed by atoms with van der Waals surface area (Å²) in [7, 11) is 0.